The zero-order valence-electron chi connectivity index (χ0n) is 20.5. The van der Waals surface area contributed by atoms with Gasteiger partial charge >= 0.3 is 0 Å². The van der Waals surface area contributed by atoms with Gasteiger partial charge in [-0.15, -0.1) is 0 Å². The van der Waals surface area contributed by atoms with E-state index in [-0.39, 0.29) is 48.6 Å². The summed E-state index contributed by atoms with van der Waals surface area (Å²) in [6, 6.07) is 9.22. The largest absolute Gasteiger partial charge is 0.496 e. The van der Waals surface area contributed by atoms with Crippen molar-refractivity contribution < 1.29 is 22.9 Å². The molecule has 10 heteroatoms. The van der Waals surface area contributed by atoms with E-state index in [1.807, 2.05) is 19.9 Å². The summed E-state index contributed by atoms with van der Waals surface area (Å²) in [6.07, 6.45) is 1.40. The fourth-order valence-corrected chi connectivity index (χ4v) is 4.79. The SMILES string of the molecule is COc1cc(C)c([C@H](C)NC(=O)CCCN(c2cccc([N+](=O)[O-])c2)S(C)(=O)=O)cc1C(C)C. The quantitative estimate of drug-likeness (QED) is 0.366. The summed E-state index contributed by atoms with van der Waals surface area (Å²) in [5, 5.41) is 14.0. The Bertz CT molecular complexity index is 1150. The summed E-state index contributed by atoms with van der Waals surface area (Å²) >= 11 is 0. The topological polar surface area (TPSA) is 119 Å². The number of nitrogens with one attached hydrogen (secondary N) is 1. The van der Waals surface area contributed by atoms with Gasteiger partial charge in [0, 0.05) is 25.1 Å². The first-order chi connectivity index (χ1) is 15.8. The zero-order valence-corrected chi connectivity index (χ0v) is 21.3. The van der Waals surface area contributed by atoms with Gasteiger partial charge in [-0.3, -0.25) is 19.2 Å². The van der Waals surface area contributed by atoms with Crippen LogP contribution in [0.4, 0.5) is 11.4 Å². The van der Waals surface area contributed by atoms with Crippen molar-refractivity contribution in [2.24, 2.45) is 0 Å². The third-order valence-corrected chi connectivity index (χ3v) is 6.77. The van der Waals surface area contributed by atoms with Gasteiger partial charge in [-0.25, -0.2) is 8.42 Å². The molecule has 0 aromatic heterocycles. The van der Waals surface area contributed by atoms with Crippen LogP contribution in [0.3, 0.4) is 0 Å². The summed E-state index contributed by atoms with van der Waals surface area (Å²) in [5.74, 6) is 0.867. The van der Waals surface area contributed by atoms with Crippen molar-refractivity contribution in [1.82, 2.24) is 5.32 Å². The monoisotopic (exact) mass is 491 g/mol. The number of carbonyl (C=O) groups excluding carboxylic acids is 1. The minimum atomic E-state index is -3.68. The maximum atomic E-state index is 12.6. The predicted molar refractivity (Wildman–Crippen MR) is 133 cm³/mol. The number of non-ortho nitro benzene ring substituents is 1. The Kier molecular flexibility index (Phi) is 9.03. The van der Waals surface area contributed by atoms with Crippen LogP contribution in [0.5, 0.6) is 5.75 Å². The van der Waals surface area contributed by atoms with Crippen LogP contribution >= 0.6 is 0 Å². The second-order valence-corrected chi connectivity index (χ2v) is 10.5. The van der Waals surface area contributed by atoms with Crippen molar-refractivity contribution in [3.05, 3.63) is 63.2 Å². The summed E-state index contributed by atoms with van der Waals surface area (Å²) in [6.45, 7) is 8.06. The molecule has 0 saturated heterocycles. The van der Waals surface area contributed by atoms with Crippen LogP contribution in [0, 0.1) is 17.0 Å². The van der Waals surface area contributed by atoms with E-state index in [0.29, 0.717) is 0 Å². The Morgan fingerprint density at radius 3 is 2.41 bits per heavy atom. The number of anilines is 1. The molecule has 0 aliphatic carbocycles. The first-order valence-electron chi connectivity index (χ1n) is 11.0. The Morgan fingerprint density at radius 2 is 1.85 bits per heavy atom. The van der Waals surface area contributed by atoms with Crippen LogP contribution in [-0.4, -0.2) is 39.2 Å². The lowest BCUT2D eigenvalue weighted by Gasteiger charge is -2.23. The van der Waals surface area contributed by atoms with E-state index in [9.17, 15) is 23.3 Å². The van der Waals surface area contributed by atoms with Gasteiger partial charge in [-0.2, -0.15) is 0 Å². The van der Waals surface area contributed by atoms with Gasteiger partial charge in [0.05, 0.1) is 30.0 Å². The molecule has 0 heterocycles. The molecule has 1 amide bonds. The van der Waals surface area contributed by atoms with Crippen LogP contribution in [0.15, 0.2) is 36.4 Å². The molecule has 0 radical (unpaired) electrons. The normalized spacial score (nSPS) is 12.3. The Labute approximate surface area is 201 Å². The lowest BCUT2D eigenvalue weighted by atomic mass is 9.93. The molecule has 0 aliphatic rings. The van der Waals surface area contributed by atoms with Crippen molar-refractivity contribution in [3.8, 4) is 5.75 Å². The van der Waals surface area contributed by atoms with Crippen molar-refractivity contribution in [2.45, 2.75) is 52.5 Å². The molecule has 0 fully saturated rings. The Hall–Kier alpha value is -3.14. The fraction of sp³-hybridized carbons (Fsp3) is 0.458. The average molecular weight is 492 g/mol. The van der Waals surface area contributed by atoms with Gasteiger partial charge < -0.3 is 10.1 Å². The first kappa shape index (κ1) is 27.1. The van der Waals surface area contributed by atoms with Gasteiger partial charge in [0.15, 0.2) is 0 Å². The summed E-state index contributed by atoms with van der Waals surface area (Å²) < 4.78 is 31.1. The third kappa shape index (κ3) is 6.93. The highest BCUT2D eigenvalue weighted by molar-refractivity contribution is 7.92. The van der Waals surface area contributed by atoms with Gasteiger partial charge in [-0.1, -0.05) is 19.9 Å². The fourth-order valence-electron chi connectivity index (χ4n) is 3.83. The average Bonchev–Trinajstić information content (AvgIpc) is 2.75. The van der Waals surface area contributed by atoms with E-state index in [4.69, 9.17) is 4.74 Å². The molecular formula is C24H33N3O6S. The number of nitro benzene ring substituents is 1. The highest BCUT2D eigenvalue weighted by Crippen LogP contribution is 2.32. The number of rotatable bonds is 11. The summed E-state index contributed by atoms with van der Waals surface area (Å²) in [7, 11) is -2.04. The maximum absolute atomic E-state index is 12.6. The summed E-state index contributed by atoms with van der Waals surface area (Å²) in [4.78, 5) is 23.1. The first-order valence-corrected chi connectivity index (χ1v) is 12.9. The number of benzene rings is 2. The maximum Gasteiger partial charge on any atom is 0.271 e. The van der Waals surface area contributed by atoms with Crippen molar-refractivity contribution in [3.63, 3.8) is 0 Å². The molecule has 0 spiro atoms. The van der Waals surface area contributed by atoms with E-state index in [1.54, 1.807) is 7.11 Å². The molecule has 0 aliphatic heterocycles. The molecule has 0 saturated carbocycles. The summed E-state index contributed by atoms with van der Waals surface area (Å²) in [5.41, 5.74) is 3.05. The third-order valence-electron chi connectivity index (χ3n) is 5.58. The Morgan fingerprint density at radius 1 is 1.18 bits per heavy atom. The van der Waals surface area contributed by atoms with Crippen LogP contribution < -0.4 is 14.4 Å². The second-order valence-electron chi connectivity index (χ2n) is 8.61. The molecule has 186 valence electrons. The highest BCUT2D eigenvalue weighted by atomic mass is 32.2. The highest BCUT2D eigenvalue weighted by Gasteiger charge is 2.21. The van der Waals surface area contributed by atoms with Crippen LogP contribution in [0.1, 0.15) is 62.3 Å². The standard InChI is InChI=1S/C24H33N3O6S/c1-16(2)21-15-22(17(3)13-23(21)33-5)18(4)25-24(28)11-8-12-26(34(6,31)32)19-9-7-10-20(14-19)27(29)30/h7,9-10,13-16,18H,8,11-12H2,1-6H3,(H,25,28)/t18-/m0/s1. The van der Waals surface area contributed by atoms with Crippen molar-refractivity contribution in [1.29, 1.82) is 0 Å². The Balaban J connectivity index is 2.07. The number of nitrogens with zero attached hydrogens (tertiary/aromatic N) is 2. The van der Waals surface area contributed by atoms with E-state index in [0.717, 1.165) is 33.0 Å². The minimum Gasteiger partial charge on any atom is -0.496 e. The number of hydrogen-bond donors (Lipinski definition) is 1. The molecule has 2 aromatic carbocycles. The number of carbonyl (C=O) groups is 1. The van der Waals surface area contributed by atoms with E-state index in [1.165, 1.54) is 24.3 Å². The number of aryl methyl sites for hydroxylation is 1. The second kappa shape index (κ2) is 11.3. The van der Waals surface area contributed by atoms with Crippen LogP contribution in [0.2, 0.25) is 0 Å². The molecule has 2 aromatic rings. The van der Waals surface area contributed by atoms with Crippen LogP contribution in [-0.2, 0) is 14.8 Å². The van der Waals surface area contributed by atoms with Crippen molar-refractivity contribution >= 4 is 27.3 Å². The van der Waals surface area contributed by atoms with Crippen molar-refractivity contribution in [2.75, 3.05) is 24.2 Å². The molecule has 34 heavy (non-hydrogen) atoms. The van der Waals surface area contributed by atoms with Gasteiger partial charge in [0.25, 0.3) is 5.69 Å². The number of sulfonamides is 1. The van der Waals surface area contributed by atoms with E-state index in [2.05, 4.69) is 25.2 Å². The van der Waals surface area contributed by atoms with E-state index >= 15 is 0 Å². The zero-order chi connectivity index (χ0) is 25.6. The van der Waals surface area contributed by atoms with E-state index < -0.39 is 14.9 Å². The smallest absolute Gasteiger partial charge is 0.271 e. The van der Waals surface area contributed by atoms with Gasteiger partial charge in [-0.05, 0) is 61.1 Å². The number of nitro groups is 1. The molecule has 1 atom stereocenters. The number of methoxy groups -OCH3 is 1. The molecule has 9 nitrogen and oxygen atoms in total. The molecule has 2 rings (SSSR count). The number of ether oxygens (including phenoxy) is 1. The lowest BCUT2D eigenvalue weighted by molar-refractivity contribution is -0.384. The molecule has 0 bridgehead atoms. The molecular weight excluding hydrogens is 458 g/mol. The molecule has 1 N–H and O–H groups in total. The number of amides is 1. The van der Waals surface area contributed by atoms with Gasteiger partial charge in [0.1, 0.15) is 5.75 Å². The van der Waals surface area contributed by atoms with Crippen LogP contribution in [0.25, 0.3) is 0 Å². The molecule has 0 unspecified atom stereocenters. The number of hydrogen-bond acceptors (Lipinski definition) is 6. The van der Waals surface area contributed by atoms with Gasteiger partial charge in [0.2, 0.25) is 15.9 Å². The minimum absolute atomic E-state index is 0.0286. The lowest BCUT2D eigenvalue weighted by Crippen LogP contribution is -2.32. The predicted octanol–water partition coefficient (Wildman–Crippen LogP) is 4.46.